The van der Waals surface area contributed by atoms with E-state index in [1.54, 1.807) is 37.3 Å². The first-order valence-electron chi connectivity index (χ1n) is 7.14. The third-order valence-electron chi connectivity index (χ3n) is 3.33. The minimum absolute atomic E-state index is 0.860. The van der Waals surface area contributed by atoms with Gasteiger partial charge in [-0.15, -0.1) is 23.1 Å². The summed E-state index contributed by atoms with van der Waals surface area (Å²) in [6.45, 7) is 0. The predicted molar refractivity (Wildman–Crippen MR) is 96.7 cm³/mol. The van der Waals surface area contributed by atoms with Crippen molar-refractivity contribution in [3.8, 4) is 22.1 Å². The van der Waals surface area contributed by atoms with E-state index in [0.717, 1.165) is 33.5 Å². The van der Waals surface area contributed by atoms with Crippen molar-refractivity contribution in [1.29, 1.82) is 0 Å². The van der Waals surface area contributed by atoms with Gasteiger partial charge in [0, 0.05) is 21.6 Å². The van der Waals surface area contributed by atoms with Gasteiger partial charge >= 0.3 is 0 Å². The normalized spacial score (nSPS) is 10.5. The zero-order chi connectivity index (χ0) is 16.1. The molecule has 3 aromatic rings. The van der Waals surface area contributed by atoms with E-state index in [0.29, 0.717) is 0 Å². The van der Waals surface area contributed by atoms with Crippen molar-refractivity contribution in [3.63, 3.8) is 0 Å². The standard InChI is InChI=1S/C18H17NO2S2/c1-20-15-5-3-13(4-6-15)18-19-14(12-23-18)11-22-17-9-7-16(21-2)8-10-17/h3-10,12H,11H2,1-2H3. The van der Waals surface area contributed by atoms with Gasteiger partial charge in [0.25, 0.3) is 0 Å². The highest BCUT2D eigenvalue weighted by Gasteiger charge is 2.06. The van der Waals surface area contributed by atoms with Crippen LogP contribution in [-0.2, 0) is 5.75 Å². The van der Waals surface area contributed by atoms with E-state index in [4.69, 9.17) is 14.5 Å². The Balaban J connectivity index is 1.64. The molecular weight excluding hydrogens is 326 g/mol. The van der Waals surface area contributed by atoms with Crippen LogP contribution in [0, 0.1) is 0 Å². The third-order valence-corrected chi connectivity index (χ3v) is 5.32. The molecule has 3 nitrogen and oxygen atoms in total. The van der Waals surface area contributed by atoms with Crippen LogP contribution in [-0.4, -0.2) is 19.2 Å². The fourth-order valence-corrected chi connectivity index (χ4v) is 3.79. The van der Waals surface area contributed by atoms with Crippen molar-refractivity contribution in [3.05, 3.63) is 59.6 Å². The molecule has 0 bridgehead atoms. The molecule has 0 spiro atoms. The molecule has 2 aromatic carbocycles. The molecule has 0 saturated heterocycles. The number of aromatic nitrogens is 1. The van der Waals surface area contributed by atoms with E-state index >= 15 is 0 Å². The topological polar surface area (TPSA) is 31.4 Å². The molecule has 1 heterocycles. The monoisotopic (exact) mass is 343 g/mol. The SMILES string of the molecule is COc1ccc(SCc2csc(-c3ccc(OC)cc3)n2)cc1. The highest BCUT2D eigenvalue weighted by atomic mass is 32.2. The second kappa shape index (κ2) is 7.53. The van der Waals surface area contributed by atoms with Gasteiger partial charge in [0.2, 0.25) is 0 Å². The number of thiazole rings is 1. The lowest BCUT2D eigenvalue weighted by molar-refractivity contribution is 0.414. The fraction of sp³-hybridized carbons (Fsp3) is 0.167. The van der Waals surface area contributed by atoms with Gasteiger partial charge < -0.3 is 9.47 Å². The molecule has 0 fully saturated rings. The average Bonchev–Trinajstić information content (AvgIpc) is 3.09. The molecule has 23 heavy (non-hydrogen) atoms. The van der Waals surface area contributed by atoms with Gasteiger partial charge in [0.1, 0.15) is 16.5 Å². The Morgan fingerprint density at radius 1 is 0.913 bits per heavy atom. The van der Waals surface area contributed by atoms with E-state index in [2.05, 4.69) is 17.5 Å². The lowest BCUT2D eigenvalue weighted by Crippen LogP contribution is -1.84. The first-order chi connectivity index (χ1) is 11.3. The molecular formula is C18H17NO2S2. The molecule has 0 radical (unpaired) electrons. The summed E-state index contributed by atoms with van der Waals surface area (Å²) in [6.07, 6.45) is 0. The molecule has 1 aromatic heterocycles. The van der Waals surface area contributed by atoms with Crippen LogP contribution >= 0.6 is 23.1 Å². The Kier molecular flexibility index (Phi) is 5.20. The zero-order valence-corrected chi connectivity index (χ0v) is 14.6. The molecule has 5 heteroatoms. The number of rotatable bonds is 6. The van der Waals surface area contributed by atoms with Gasteiger partial charge in [0.15, 0.2) is 0 Å². The summed E-state index contributed by atoms with van der Waals surface area (Å²) < 4.78 is 10.4. The van der Waals surface area contributed by atoms with Crippen molar-refractivity contribution in [2.24, 2.45) is 0 Å². The van der Waals surface area contributed by atoms with Gasteiger partial charge in [0.05, 0.1) is 19.9 Å². The minimum Gasteiger partial charge on any atom is -0.497 e. The molecule has 3 rings (SSSR count). The summed E-state index contributed by atoms with van der Waals surface area (Å²) in [5, 5.41) is 3.16. The van der Waals surface area contributed by atoms with E-state index in [1.165, 1.54) is 4.90 Å². The Labute approximate surface area is 144 Å². The molecule has 0 atom stereocenters. The van der Waals surface area contributed by atoms with Crippen LogP contribution in [0.2, 0.25) is 0 Å². The van der Waals surface area contributed by atoms with Crippen LogP contribution in [0.4, 0.5) is 0 Å². The van der Waals surface area contributed by atoms with Crippen LogP contribution in [0.5, 0.6) is 11.5 Å². The van der Waals surface area contributed by atoms with Crippen molar-refractivity contribution < 1.29 is 9.47 Å². The van der Waals surface area contributed by atoms with Crippen LogP contribution in [0.3, 0.4) is 0 Å². The Bertz CT molecular complexity index is 751. The minimum atomic E-state index is 0.860. The summed E-state index contributed by atoms with van der Waals surface area (Å²) in [5.41, 5.74) is 2.22. The van der Waals surface area contributed by atoms with Crippen LogP contribution < -0.4 is 9.47 Å². The second-order valence-corrected chi connectivity index (χ2v) is 6.74. The van der Waals surface area contributed by atoms with E-state index in [-0.39, 0.29) is 0 Å². The first-order valence-corrected chi connectivity index (χ1v) is 9.00. The third kappa shape index (κ3) is 4.06. The van der Waals surface area contributed by atoms with Crippen LogP contribution in [0.25, 0.3) is 10.6 Å². The second-order valence-electron chi connectivity index (χ2n) is 4.84. The maximum atomic E-state index is 5.19. The molecule has 0 aliphatic carbocycles. The largest absolute Gasteiger partial charge is 0.497 e. The molecule has 0 unspecified atom stereocenters. The van der Waals surface area contributed by atoms with Gasteiger partial charge in [-0.3, -0.25) is 0 Å². The van der Waals surface area contributed by atoms with Crippen LogP contribution in [0.1, 0.15) is 5.69 Å². The first kappa shape index (κ1) is 15.9. The smallest absolute Gasteiger partial charge is 0.123 e. The summed E-state index contributed by atoms with van der Waals surface area (Å²) in [4.78, 5) is 5.93. The van der Waals surface area contributed by atoms with Crippen molar-refractivity contribution in [2.75, 3.05) is 14.2 Å². The van der Waals surface area contributed by atoms with Gasteiger partial charge in [-0.25, -0.2) is 4.98 Å². The number of benzene rings is 2. The Hall–Kier alpha value is -1.98. The van der Waals surface area contributed by atoms with Crippen molar-refractivity contribution >= 4 is 23.1 Å². The zero-order valence-electron chi connectivity index (χ0n) is 13.0. The van der Waals surface area contributed by atoms with Crippen molar-refractivity contribution in [2.45, 2.75) is 10.6 Å². The average molecular weight is 343 g/mol. The fourth-order valence-electron chi connectivity index (χ4n) is 2.07. The maximum Gasteiger partial charge on any atom is 0.123 e. The summed E-state index contributed by atoms with van der Waals surface area (Å²) in [6, 6.07) is 16.1. The van der Waals surface area contributed by atoms with Crippen LogP contribution in [0.15, 0.2) is 58.8 Å². The Morgan fingerprint density at radius 3 is 2.13 bits per heavy atom. The molecule has 0 amide bonds. The lowest BCUT2D eigenvalue weighted by Gasteiger charge is -2.02. The lowest BCUT2D eigenvalue weighted by atomic mass is 10.2. The molecule has 0 aliphatic rings. The Morgan fingerprint density at radius 2 is 1.52 bits per heavy atom. The molecule has 0 aliphatic heterocycles. The number of hydrogen-bond acceptors (Lipinski definition) is 5. The summed E-state index contributed by atoms with van der Waals surface area (Å²) in [7, 11) is 3.35. The van der Waals surface area contributed by atoms with Gasteiger partial charge in [-0.05, 0) is 48.5 Å². The quantitative estimate of drug-likeness (QED) is 0.581. The highest BCUT2D eigenvalue weighted by molar-refractivity contribution is 7.98. The number of thioether (sulfide) groups is 1. The van der Waals surface area contributed by atoms with E-state index in [9.17, 15) is 0 Å². The molecule has 0 N–H and O–H groups in total. The van der Waals surface area contributed by atoms with Crippen molar-refractivity contribution in [1.82, 2.24) is 4.98 Å². The van der Waals surface area contributed by atoms with Gasteiger partial charge in [-0.2, -0.15) is 0 Å². The van der Waals surface area contributed by atoms with E-state index in [1.807, 2.05) is 36.4 Å². The van der Waals surface area contributed by atoms with E-state index < -0.39 is 0 Å². The molecule has 118 valence electrons. The summed E-state index contributed by atoms with van der Waals surface area (Å²) >= 11 is 3.45. The highest BCUT2D eigenvalue weighted by Crippen LogP contribution is 2.29. The number of methoxy groups -OCH3 is 2. The maximum absolute atomic E-state index is 5.19. The number of hydrogen-bond donors (Lipinski definition) is 0. The number of ether oxygens (including phenoxy) is 2. The number of nitrogens with zero attached hydrogens (tertiary/aromatic N) is 1. The van der Waals surface area contributed by atoms with Gasteiger partial charge in [-0.1, -0.05) is 0 Å². The summed E-state index contributed by atoms with van der Waals surface area (Å²) in [5.74, 6) is 2.60. The molecule has 0 saturated carbocycles. The predicted octanol–water partition coefficient (Wildman–Crippen LogP) is 5.12.